The molecule has 1 unspecified atom stereocenters. The van der Waals surface area contributed by atoms with Crippen LogP contribution in [-0.4, -0.2) is 38.5 Å². The third kappa shape index (κ3) is 5.13. The highest BCUT2D eigenvalue weighted by atomic mass is 32.2. The van der Waals surface area contributed by atoms with Crippen LogP contribution in [0, 0.1) is 5.92 Å². The van der Waals surface area contributed by atoms with Gasteiger partial charge < -0.3 is 15.8 Å². The number of anilines is 1. The van der Waals surface area contributed by atoms with Gasteiger partial charge in [0.15, 0.2) is 9.84 Å². The number of sulfone groups is 1. The van der Waals surface area contributed by atoms with Crippen molar-refractivity contribution in [3.05, 3.63) is 23.8 Å². The molecule has 0 aliphatic carbocycles. The zero-order valence-electron chi connectivity index (χ0n) is 13.5. The van der Waals surface area contributed by atoms with E-state index in [0.717, 1.165) is 12.1 Å². The summed E-state index contributed by atoms with van der Waals surface area (Å²) in [6.45, 7) is 4.35. The summed E-state index contributed by atoms with van der Waals surface area (Å²) in [6.07, 6.45) is 1.56. The van der Waals surface area contributed by atoms with Crippen LogP contribution in [0.15, 0.2) is 18.2 Å². The minimum atomic E-state index is -2.92. The first-order chi connectivity index (χ1) is 10.8. The maximum absolute atomic E-state index is 11.7. The summed E-state index contributed by atoms with van der Waals surface area (Å²) in [4.78, 5) is 11.3. The van der Waals surface area contributed by atoms with E-state index in [2.05, 4.69) is 5.32 Å². The Morgan fingerprint density at radius 1 is 1.43 bits per heavy atom. The standard InChI is InChI=1S/C16H24N2O4S/c1-11(2)22-15-8-13(16(17)19)5-6-14(15)18-9-12-4-3-7-23(20,21)10-12/h5-6,8,11-12,18H,3-4,7,9-10H2,1-2H3,(H2,17,19). The normalized spacial score (nSPS) is 20.2. The van der Waals surface area contributed by atoms with E-state index < -0.39 is 15.7 Å². The van der Waals surface area contributed by atoms with Crippen LogP contribution in [0.5, 0.6) is 5.75 Å². The van der Waals surface area contributed by atoms with Crippen LogP contribution in [-0.2, 0) is 9.84 Å². The van der Waals surface area contributed by atoms with E-state index in [9.17, 15) is 13.2 Å². The van der Waals surface area contributed by atoms with Gasteiger partial charge >= 0.3 is 0 Å². The summed E-state index contributed by atoms with van der Waals surface area (Å²) >= 11 is 0. The molecule has 1 fully saturated rings. The number of primary amides is 1. The molecule has 23 heavy (non-hydrogen) atoms. The van der Waals surface area contributed by atoms with Crippen molar-refractivity contribution in [2.45, 2.75) is 32.8 Å². The van der Waals surface area contributed by atoms with Gasteiger partial charge in [-0.3, -0.25) is 4.79 Å². The molecule has 0 radical (unpaired) electrons. The Balaban J connectivity index is 2.10. The third-order valence-corrected chi connectivity index (χ3v) is 5.66. The molecular formula is C16H24N2O4S. The molecule has 1 saturated heterocycles. The van der Waals surface area contributed by atoms with Crippen molar-refractivity contribution < 1.29 is 17.9 Å². The molecule has 1 aromatic rings. The molecular weight excluding hydrogens is 316 g/mol. The topological polar surface area (TPSA) is 98.5 Å². The number of hydrogen-bond donors (Lipinski definition) is 2. The minimum Gasteiger partial charge on any atom is -0.489 e. The molecule has 0 saturated carbocycles. The molecule has 1 aromatic carbocycles. The summed E-state index contributed by atoms with van der Waals surface area (Å²) in [5, 5.41) is 3.25. The second-order valence-corrected chi connectivity index (χ2v) is 8.47. The Morgan fingerprint density at radius 2 is 2.17 bits per heavy atom. The van der Waals surface area contributed by atoms with Gasteiger partial charge in [-0.15, -0.1) is 0 Å². The van der Waals surface area contributed by atoms with Gasteiger partial charge in [0.1, 0.15) is 5.75 Å². The number of carbonyl (C=O) groups excluding carboxylic acids is 1. The second kappa shape index (κ2) is 7.21. The molecule has 1 amide bonds. The van der Waals surface area contributed by atoms with E-state index >= 15 is 0 Å². The summed E-state index contributed by atoms with van der Waals surface area (Å²) in [7, 11) is -2.92. The first kappa shape index (κ1) is 17.6. The van der Waals surface area contributed by atoms with Crippen molar-refractivity contribution in [2.75, 3.05) is 23.4 Å². The average molecular weight is 340 g/mol. The van der Waals surface area contributed by atoms with Crippen molar-refractivity contribution in [3.63, 3.8) is 0 Å². The number of hydrogen-bond acceptors (Lipinski definition) is 5. The molecule has 0 bridgehead atoms. The molecule has 0 aromatic heterocycles. The summed E-state index contributed by atoms with van der Waals surface area (Å²) in [5.74, 6) is 0.646. The van der Waals surface area contributed by atoms with Crippen LogP contribution in [0.1, 0.15) is 37.0 Å². The highest BCUT2D eigenvalue weighted by Gasteiger charge is 2.24. The van der Waals surface area contributed by atoms with Gasteiger partial charge in [0.05, 0.1) is 23.3 Å². The van der Waals surface area contributed by atoms with Gasteiger partial charge in [-0.2, -0.15) is 0 Å². The molecule has 6 nitrogen and oxygen atoms in total. The Hall–Kier alpha value is -1.76. The minimum absolute atomic E-state index is 0.0475. The number of amides is 1. The van der Waals surface area contributed by atoms with Crippen molar-refractivity contribution in [1.82, 2.24) is 0 Å². The first-order valence-electron chi connectivity index (χ1n) is 7.81. The Kier molecular flexibility index (Phi) is 5.51. The molecule has 0 spiro atoms. The maximum atomic E-state index is 11.7. The number of nitrogens with two attached hydrogens (primary N) is 1. The predicted octanol–water partition coefficient (Wildman–Crippen LogP) is 1.81. The summed E-state index contributed by atoms with van der Waals surface area (Å²) in [5.41, 5.74) is 6.43. The van der Waals surface area contributed by atoms with Crippen LogP contribution < -0.4 is 15.8 Å². The van der Waals surface area contributed by atoms with Gasteiger partial charge in [-0.05, 0) is 50.8 Å². The fourth-order valence-corrected chi connectivity index (χ4v) is 4.48. The summed E-state index contributed by atoms with van der Waals surface area (Å²) in [6, 6.07) is 4.99. The molecule has 1 aliphatic rings. The van der Waals surface area contributed by atoms with Gasteiger partial charge in [-0.25, -0.2) is 8.42 Å². The quantitative estimate of drug-likeness (QED) is 0.823. The Bertz CT molecular complexity index is 671. The SMILES string of the molecule is CC(C)Oc1cc(C(N)=O)ccc1NCC1CCCS(=O)(=O)C1. The van der Waals surface area contributed by atoms with E-state index in [0.29, 0.717) is 30.0 Å². The Morgan fingerprint density at radius 3 is 2.78 bits per heavy atom. The van der Waals surface area contributed by atoms with Crippen molar-refractivity contribution in [3.8, 4) is 5.75 Å². The number of carbonyl (C=O) groups is 1. The highest BCUT2D eigenvalue weighted by molar-refractivity contribution is 7.91. The second-order valence-electron chi connectivity index (χ2n) is 6.25. The number of benzene rings is 1. The van der Waals surface area contributed by atoms with E-state index in [1.165, 1.54) is 0 Å². The zero-order valence-corrected chi connectivity index (χ0v) is 14.4. The molecule has 1 atom stereocenters. The molecule has 1 aliphatic heterocycles. The first-order valence-corrected chi connectivity index (χ1v) is 9.64. The van der Waals surface area contributed by atoms with Crippen molar-refractivity contribution in [2.24, 2.45) is 11.7 Å². The zero-order chi connectivity index (χ0) is 17.0. The smallest absolute Gasteiger partial charge is 0.248 e. The number of ether oxygens (including phenoxy) is 1. The number of rotatable bonds is 6. The maximum Gasteiger partial charge on any atom is 0.248 e. The van der Waals surface area contributed by atoms with Crippen LogP contribution in [0.4, 0.5) is 5.69 Å². The predicted molar refractivity (Wildman–Crippen MR) is 90.6 cm³/mol. The van der Waals surface area contributed by atoms with Crippen LogP contribution in [0.3, 0.4) is 0 Å². The summed E-state index contributed by atoms with van der Waals surface area (Å²) < 4.78 is 29.1. The average Bonchev–Trinajstić information content (AvgIpc) is 2.44. The van der Waals surface area contributed by atoms with Crippen molar-refractivity contribution >= 4 is 21.4 Å². The lowest BCUT2D eigenvalue weighted by atomic mass is 10.1. The molecule has 3 N–H and O–H groups in total. The largest absolute Gasteiger partial charge is 0.489 e. The Labute approximate surface area is 137 Å². The molecule has 128 valence electrons. The van der Waals surface area contributed by atoms with Crippen LogP contribution in [0.2, 0.25) is 0 Å². The van der Waals surface area contributed by atoms with E-state index in [1.807, 2.05) is 13.8 Å². The lowest BCUT2D eigenvalue weighted by molar-refractivity contribution is 0.0999. The van der Waals surface area contributed by atoms with E-state index in [1.54, 1.807) is 18.2 Å². The number of nitrogens with one attached hydrogen (secondary N) is 1. The van der Waals surface area contributed by atoms with Gasteiger partial charge in [0, 0.05) is 12.1 Å². The van der Waals surface area contributed by atoms with Gasteiger partial charge in [0.25, 0.3) is 0 Å². The molecule has 2 rings (SSSR count). The molecule has 1 heterocycles. The lowest BCUT2D eigenvalue weighted by Crippen LogP contribution is -2.29. The van der Waals surface area contributed by atoms with E-state index in [-0.39, 0.29) is 17.8 Å². The lowest BCUT2D eigenvalue weighted by Gasteiger charge is -2.23. The van der Waals surface area contributed by atoms with Gasteiger partial charge in [-0.1, -0.05) is 0 Å². The fourth-order valence-electron chi connectivity index (χ4n) is 2.71. The van der Waals surface area contributed by atoms with Gasteiger partial charge in [0.2, 0.25) is 5.91 Å². The van der Waals surface area contributed by atoms with E-state index in [4.69, 9.17) is 10.5 Å². The fraction of sp³-hybridized carbons (Fsp3) is 0.562. The highest BCUT2D eigenvalue weighted by Crippen LogP contribution is 2.28. The van der Waals surface area contributed by atoms with Crippen LogP contribution in [0.25, 0.3) is 0 Å². The van der Waals surface area contributed by atoms with Crippen LogP contribution >= 0.6 is 0 Å². The third-order valence-electron chi connectivity index (χ3n) is 3.77. The molecule has 7 heteroatoms. The van der Waals surface area contributed by atoms with Crippen molar-refractivity contribution in [1.29, 1.82) is 0 Å². The monoisotopic (exact) mass is 340 g/mol.